The van der Waals surface area contributed by atoms with Crippen LogP contribution >= 0.6 is 0 Å². The van der Waals surface area contributed by atoms with Gasteiger partial charge in [0.25, 0.3) is 0 Å². The molecule has 4 rings (SSSR count). The summed E-state index contributed by atoms with van der Waals surface area (Å²) >= 11 is 0. The molecule has 0 amide bonds. The topological polar surface area (TPSA) is 107 Å². The van der Waals surface area contributed by atoms with Crippen LogP contribution in [0, 0.1) is 0 Å². The Morgan fingerprint density at radius 2 is 2.15 bits per heavy atom. The maximum absolute atomic E-state index is 6.15. The molecule has 3 heterocycles. The average molecular weight is 367 g/mol. The summed E-state index contributed by atoms with van der Waals surface area (Å²) in [5, 5.41) is 7.72. The van der Waals surface area contributed by atoms with Gasteiger partial charge in [-0.2, -0.15) is 5.10 Å². The highest BCUT2D eigenvalue weighted by atomic mass is 16.5. The van der Waals surface area contributed by atoms with Crippen molar-refractivity contribution in [3.05, 3.63) is 48.4 Å². The lowest BCUT2D eigenvalue weighted by molar-refractivity contribution is 0.185. The first-order chi connectivity index (χ1) is 13.1. The molecule has 1 aromatic carbocycles. The van der Waals surface area contributed by atoms with Crippen molar-refractivity contribution in [3.63, 3.8) is 0 Å². The Morgan fingerprint density at radius 3 is 2.96 bits per heavy atom. The summed E-state index contributed by atoms with van der Waals surface area (Å²) in [5.41, 5.74) is 15.2. The smallest absolute Gasteiger partial charge is 0.158 e. The zero-order chi connectivity index (χ0) is 18.8. The Balaban J connectivity index is 1.61. The quantitative estimate of drug-likeness (QED) is 0.625. The van der Waals surface area contributed by atoms with E-state index >= 15 is 0 Å². The molecule has 0 aliphatic carbocycles. The Kier molecular flexibility index (Phi) is 4.93. The van der Waals surface area contributed by atoms with E-state index in [2.05, 4.69) is 26.4 Å². The van der Waals surface area contributed by atoms with Crippen molar-refractivity contribution in [2.24, 2.45) is 11.5 Å². The first-order valence-corrected chi connectivity index (χ1v) is 9.10. The van der Waals surface area contributed by atoms with Crippen molar-refractivity contribution in [2.45, 2.75) is 25.0 Å². The van der Waals surface area contributed by atoms with E-state index in [1.165, 1.54) is 0 Å². The summed E-state index contributed by atoms with van der Waals surface area (Å²) in [6, 6.07) is 9.95. The number of fused-ring (bicyclic) bond motifs is 1. The maximum atomic E-state index is 6.15. The minimum atomic E-state index is 0.0123. The molecule has 0 spiro atoms. The zero-order valence-corrected chi connectivity index (χ0v) is 15.4. The van der Waals surface area contributed by atoms with E-state index in [-0.39, 0.29) is 12.1 Å². The van der Waals surface area contributed by atoms with Gasteiger partial charge in [-0.05, 0) is 30.2 Å². The van der Waals surface area contributed by atoms with Crippen LogP contribution in [0.25, 0.3) is 5.52 Å². The largest absolute Gasteiger partial charge is 0.497 e. The number of hydrogen-bond donors (Lipinski definition) is 3. The second-order valence-corrected chi connectivity index (χ2v) is 6.95. The summed E-state index contributed by atoms with van der Waals surface area (Å²) in [5.74, 6) is 1.55. The molecule has 1 saturated heterocycles. The molecular formula is C19H25N7O. The fourth-order valence-electron chi connectivity index (χ4n) is 3.53. The third-order valence-electron chi connectivity index (χ3n) is 5.06. The van der Waals surface area contributed by atoms with E-state index in [4.69, 9.17) is 16.2 Å². The summed E-state index contributed by atoms with van der Waals surface area (Å²) in [7, 11) is 1.66. The van der Waals surface area contributed by atoms with Gasteiger partial charge in [0.2, 0.25) is 0 Å². The molecule has 0 bridgehead atoms. The second kappa shape index (κ2) is 7.51. The molecule has 142 valence electrons. The molecule has 8 nitrogen and oxygen atoms in total. The van der Waals surface area contributed by atoms with Crippen LogP contribution in [0.5, 0.6) is 5.75 Å². The van der Waals surface area contributed by atoms with Crippen LogP contribution in [-0.2, 0) is 6.54 Å². The Morgan fingerprint density at radius 1 is 1.26 bits per heavy atom. The molecule has 3 aromatic rings. The van der Waals surface area contributed by atoms with Gasteiger partial charge in [-0.25, -0.2) is 9.50 Å². The summed E-state index contributed by atoms with van der Waals surface area (Å²) in [6.07, 6.45) is 4.42. The normalized spacial score (nSPS) is 20.7. The van der Waals surface area contributed by atoms with E-state index in [9.17, 15) is 0 Å². The molecule has 2 unspecified atom stereocenters. The number of nitrogens with zero attached hydrogens (tertiary/aromatic N) is 4. The highest BCUT2D eigenvalue weighted by molar-refractivity contribution is 5.76. The highest BCUT2D eigenvalue weighted by Crippen LogP contribution is 2.26. The monoisotopic (exact) mass is 367 g/mol. The fourth-order valence-corrected chi connectivity index (χ4v) is 3.53. The van der Waals surface area contributed by atoms with Crippen molar-refractivity contribution in [3.8, 4) is 5.75 Å². The standard InChI is InChI=1S/C19H25N7O/c1-27-15-4-2-3-14(9-15)24-19-18-13(5-8-26(18)23-12-22-19)10-25-7-6-16(20)17(21)11-25/h2-5,8-9,12,16-17H,6-7,10-11,20-21H2,1H3,(H,22,23,24). The van der Waals surface area contributed by atoms with Gasteiger partial charge in [-0.15, -0.1) is 0 Å². The number of aromatic nitrogens is 3. The number of nitrogens with two attached hydrogens (primary N) is 2. The second-order valence-electron chi connectivity index (χ2n) is 6.95. The Hall–Kier alpha value is -2.68. The lowest BCUT2D eigenvalue weighted by atomic mass is 10.0. The predicted molar refractivity (Wildman–Crippen MR) is 105 cm³/mol. The van der Waals surface area contributed by atoms with Crippen molar-refractivity contribution >= 4 is 17.0 Å². The van der Waals surface area contributed by atoms with Crippen LogP contribution in [-0.4, -0.2) is 51.8 Å². The lowest BCUT2D eigenvalue weighted by Gasteiger charge is -2.34. The number of nitrogens with one attached hydrogen (secondary N) is 1. The highest BCUT2D eigenvalue weighted by Gasteiger charge is 2.24. The molecule has 2 atom stereocenters. The first-order valence-electron chi connectivity index (χ1n) is 9.10. The van der Waals surface area contributed by atoms with Gasteiger partial charge in [-0.1, -0.05) is 6.07 Å². The molecule has 1 aliphatic heterocycles. The summed E-state index contributed by atoms with van der Waals surface area (Å²) in [6.45, 7) is 2.53. The Bertz CT molecular complexity index is 925. The molecule has 8 heteroatoms. The first kappa shape index (κ1) is 17.7. The molecule has 5 N–H and O–H groups in total. The van der Waals surface area contributed by atoms with Crippen LogP contribution in [0.4, 0.5) is 11.5 Å². The van der Waals surface area contributed by atoms with E-state index < -0.39 is 0 Å². The van der Waals surface area contributed by atoms with Gasteiger partial charge < -0.3 is 21.5 Å². The van der Waals surface area contributed by atoms with Gasteiger partial charge in [0.15, 0.2) is 5.82 Å². The van der Waals surface area contributed by atoms with Crippen molar-refractivity contribution in [1.82, 2.24) is 19.5 Å². The zero-order valence-electron chi connectivity index (χ0n) is 15.4. The number of piperidine rings is 1. The maximum Gasteiger partial charge on any atom is 0.158 e. The van der Waals surface area contributed by atoms with Gasteiger partial charge in [-0.3, -0.25) is 4.90 Å². The number of ether oxygens (including phenoxy) is 1. The molecular weight excluding hydrogens is 342 g/mol. The number of hydrogen-bond acceptors (Lipinski definition) is 7. The van der Waals surface area contributed by atoms with Crippen LogP contribution in [0.15, 0.2) is 42.9 Å². The number of likely N-dealkylation sites (tertiary alicyclic amines) is 1. The van der Waals surface area contributed by atoms with Crippen molar-refractivity contribution < 1.29 is 4.74 Å². The third-order valence-corrected chi connectivity index (χ3v) is 5.06. The van der Waals surface area contributed by atoms with E-state index in [1.54, 1.807) is 13.4 Å². The SMILES string of the molecule is COc1cccc(Nc2ncnn3ccc(CN4CCC(N)C(N)C4)c23)c1. The lowest BCUT2D eigenvalue weighted by Crippen LogP contribution is -2.54. The molecule has 1 aliphatic rings. The molecule has 1 fully saturated rings. The van der Waals surface area contributed by atoms with Gasteiger partial charge in [0.05, 0.1) is 7.11 Å². The van der Waals surface area contributed by atoms with Crippen LogP contribution < -0.4 is 21.5 Å². The molecule has 0 saturated carbocycles. The van der Waals surface area contributed by atoms with Crippen molar-refractivity contribution in [2.75, 3.05) is 25.5 Å². The van der Waals surface area contributed by atoms with Gasteiger partial charge in [0.1, 0.15) is 17.6 Å². The molecule has 0 radical (unpaired) electrons. The molecule has 27 heavy (non-hydrogen) atoms. The van der Waals surface area contributed by atoms with Crippen LogP contribution in [0.1, 0.15) is 12.0 Å². The minimum absolute atomic E-state index is 0.0123. The fraction of sp³-hybridized carbons (Fsp3) is 0.368. The predicted octanol–water partition coefficient (Wildman–Crippen LogP) is 1.34. The van der Waals surface area contributed by atoms with E-state index in [0.29, 0.717) is 0 Å². The minimum Gasteiger partial charge on any atom is -0.497 e. The van der Waals surface area contributed by atoms with Gasteiger partial charge in [0, 0.05) is 49.7 Å². The van der Waals surface area contributed by atoms with E-state index in [1.807, 2.05) is 35.0 Å². The van der Waals surface area contributed by atoms with Gasteiger partial charge >= 0.3 is 0 Å². The average Bonchev–Trinajstić information content (AvgIpc) is 3.09. The third kappa shape index (κ3) is 3.73. The summed E-state index contributed by atoms with van der Waals surface area (Å²) in [4.78, 5) is 6.80. The van der Waals surface area contributed by atoms with Crippen LogP contribution in [0.3, 0.4) is 0 Å². The summed E-state index contributed by atoms with van der Waals surface area (Å²) < 4.78 is 7.15. The number of anilines is 2. The number of methoxy groups -OCH3 is 1. The Labute approximate surface area is 158 Å². The van der Waals surface area contributed by atoms with Crippen LogP contribution in [0.2, 0.25) is 0 Å². The molecule has 2 aromatic heterocycles. The number of rotatable bonds is 5. The number of benzene rings is 1. The van der Waals surface area contributed by atoms with Crippen molar-refractivity contribution in [1.29, 1.82) is 0 Å². The van der Waals surface area contributed by atoms with E-state index in [0.717, 1.165) is 54.4 Å².